The highest BCUT2D eigenvalue weighted by molar-refractivity contribution is 7.98. The van der Waals surface area contributed by atoms with Gasteiger partial charge in [0.25, 0.3) is 0 Å². The molecule has 0 fully saturated rings. The van der Waals surface area contributed by atoms with Crippen molar-refractivity contribution in [2.45, 2.75) is 17.1 Å². The molecule has 0 aliphatic rings. The van der Waals surface area contributed by atoms with Crippen LogP contribution in [0.1, 0.15) is 11.1 Å². The van der Waals surface area contributed by atoms with Gasteiger partial charge in [-0.1, -0.05) is 23.9 Å². The lowest BCUT2D eigenvalue weighted by atomic mass is 10.1. The molecule has 21 heavy (non-hydrogen) atoms. The second-order valence-corrected chi connectivity index (χ2v) is 4.87. The van der Waals surface area contributed by atoms with E-state index in [-0.39, 0.29) is 16.5 Å². The highest BCUT2D eigenvalue weighted by Gasteiger charge is 2.34. The summed E-state index contributed by atoms with van der Waals surface area (Å²) in [6, 6.07) is 3.86. The zero-order valence-corrected chi connectivity index (χ0v) is 11.0. The maximum absolute atomic E-state index is 13.8. The molecule has 1 aromatic heterocycles. The number of alkyl halides is 3. The third kappa shape index (κ3) is 3.75. The van der Waals surface area contributed by atoms with E-state index < -0.39 is 29.3 Å². The topological polar surface area (TPSA) is 66.2 Å². The smallest absolute Gasteiger partial charge is 0.419 e. The van der Waals surface area contributed by atoms with Crippen LogP contribution in [0.3, 0.4) is 0 Å². The van der Waals surface area contributed by atoms with E-state index in [4.69, 9.17) is 10.2 Å². The van der Waals surface area contributed by atoms with Crippen LogP contribution in [0, 0.1) is 5.82 Å². The summed E-state index contributed by atoms with van der Waals surface area (Å²) in [5.74, 6) is -2.52. The molecule has 0 aliphatic heterocycles. The molecule has 0 saturated carbocycles. The lowest BCUT2D eigenvalue weighted by Crippen LogP contribution is -2.09. The zero-order chi connectivity index (χ0) is 15.6. The van der Waals surface area contributed by atoms with Crippen molar-refractivity contribution in [2.24, 2.45) is 0 Å². The average molecular weight is 320 g/mol. The highest BCUT2D eigenvalue weighted by atomic mass is 32.2. The third-order valence-electron chi connectivity index (χ3n) is 2.42. The van der Waals surface area contributed by atoms with E-state index >= 15 is 0 Å². The summed E-state index contributed by atoms with van der Waals surface area (Å²) in [6.07, 6.45) is -4.77. The van der Waals surface area contributed by atoms with Gasteiger partial charge in [-0.15, -0.1) is 0 Å². The van der Waals surface area contributed by atoms with E-state index in [9.17, 15) is 17.6 Å². The predicted octanol–water partition coefficient (Wildman–Crippen LogP) is 3.34. The Morgan fingerprint density at radius 3 is 2.29 bits per heavy atom. The Hall–Kier alpha value is -2.03. The van der Waals surface area contributed by atoms with Gasteiger partial charge in [0.1, 0.15) is 5.82 Å². The van der Waals surface area contributed by atoms with Crippen molar-refractivity contribution in [3.63, 3.8) is 0 Å². The molecule has 0 saturated heterocycles. The molecular weight excluding hydrogens is 312 g/mol. The number of benzene rings is 1. The van der Waals surface area contributed by atoms with E-state index in [0.29, 0.717) is 6.07 Å². The maximum Gasteiger partial charge on any atom is 0.419 e. The molecular formula is C12H8F4N2O2S. The largest absolute Gasteiger partial charge is 0.493 e. The van der Waals surface area contributed by atoms with Crippen molar-refractivity contribution in [1.82, 2.24) is 9.97 Å². The second kappa shape index (κ2) is 5.76. The fraction of sp³-hybridized carbons (Fsp3) is 0.167. The molecule has 2 rings (SSSR count). The monoisotopic (exact) mass is 320 g/mol. The molecule has 1 aromatic carbocycles. The first kappa shape index (κ1) is 15.4. The van der Waals surface area contributed by atoms with Gasteiger partial charge in [0.15, 0.2) is 5.16 Å². The molecule has 0 aliphatic carbocycles. The fourth-order valence-electron chi connectivity index (χ4n) is 1.52. The van der Waals surface area contributed by atoms with E-state index in [1.54, 1.807) is 0 Å². The van der Waals surface area contributed by atoms with Gasteiger partial charge in [-0.2, -0.15) is 23.1 Å². The number of thioether (sulfide) groups is 1. The average Bonchev–Trinajstić information content (AvgIpc) is 2.35. The molecule has 0 bridgehead atoms. The van der Waals surface area contributed by atoms with Crippen LogP contribution in [0.25, 0.3) is 0 Å². The fourth-order valence-corrected chi connectivity index (χ4v) is 2.34. The molecule has 0 atom stereocenters. The minimum Gasteiger partial charge on any atom is -0.493 e. The van der Waals surface area contributed by atoms with Gasteiger partial charge in [-0.25, -0.2) is 4.39 Å². The van der Waals surface area contributed by atoms with Gasteiger partial charge in [0, 0.05) is 5.75 Å². The Morgan fingerprint density at radius 1 is 1.10 bits per heavy atom. The van der Waals surface area contributed by atoms with Crippen LogP contribution in [-0.4, -0.2) is 20.2 Å². The number of aromatic nitrogens is 2. The normalized spacial score (nSPS) is 11.6. The molecule has 4 nitrogen and oxygen atoms in total. The van der Waals surface area contributed by atoms with Gasteiger partial charge < -0.3 is 10.2 Å². The molecule has 9 heteroatoms. The number of aromatic hydroxyl groups is 2. The SMILES string of the molecule is Oc1cc(O)nc(SCc2cccc(C(F)(F)F)c2F)n1. The molecule has 112 valence electrons. The number of hydrogen-bond acceptors (Lipinski definition) is 5. The van der Waals surface area contributed by atoms with E-state index in [1.165, 1.54) is 6.07 Å². The molecule has 0 amide bonds. The minimum absolute atomic E-state index is 0.0793. The highest BCUT2D eigenvalue weighted by Crippen LogP contribution is 2.34. The number of rotatable bonds is 3. The number of hydrogen-bond donors (Lipinski definition) is 2. The first-order valence-electron chi connectivity index (χ1n) is 5.52. The van der Waals surface area contributed by atoms with Gasteiger partial charge in [0.05, 0.1) is 11.6 Å². The predicted molar refractivity (Wildman–Crippen MR) is 66.3 cm³/mol. The van der Waals surface area contributed by atoms with Crippen LogP contribution < -0.4 is 0 Å². The molecule has 0 radical (unpaired) electrons. The molecule has 2 N–H and O–H groups in total. The van der Waals surface area contributed by atoms with Crippen molar-refractivity contribution in [2.75, 3.05) is 0 Å². The van der Waals surface area contributed by atoms with Crippen LogP contribution in [0.15, 0.2) is 29.4 Å². The molecule has 1 heterocycles. The summed E-state index contributed by atoms with van der Waals surface area (Å²) in [6.45, 7) is 0. The van der Waals surface area contributed by atoms with Gasteiger partial charge >= 0.3 is 6.18 Å². The van der Waals surface area contributed by atoms with Gasteiger partial charge in [-0.3, -0.25) is 0 Å². The molecule has 0 unspecified atom stereocenters. The Balaban J connectivity index is 2.21. The van der Waals surface area contributed by atoms with Gasteiger partial charge in [0.2, 0.25) is 11.8 Å². The van der Waals surface area contributed by atoms with E-state index in [1.807, 2.05) is 0 Å². The Kier molecular flexibility index (Phi) is 4.21. The van der Waals surface area contributed by atoms with Crippen molar-refractivity contribution in [3.05, 3.63) is 41.2 Å². The summed E-state index contributed by atoms with van der Waals surface area (Å²) in [5, 5.41) is 18.2. The van der Waals surface area contributed by atoms with Crippen molar-refractivity contribution < 1.29 is 27.8 Å². The van der Waals surface area contributed by atoms with Crippen LogP contribution >= 0.6 is 11.8 Å². The number of nitrogens with zero attached hydrogens (tertiary/aromatic N) is 2. The zero-order valence-electron chi connectivity index (χ0n) is 10.2. The lowest BCUT2D eigenvalue weighted by Gasteiger charge is -2.10. The van der Waals surface area contributed by atoms with Crippen molar-refractivity contribution >= 4 is 11.8 Å². The molecule has 0 spiro atoms. The standard InChI is InChI=1S/C12H8F4N2O2S/c13-10-6(2-1-3-7(10)12(14,15)16)5-21-11-17-8(19)4-9(20)18-11/h1-4H,5H2,(H2,17,18,19,20). The Bertz CT molecular complexity index is 644. The molecule has 2 aromatic rings. The van der Waals surface area contributed by atoms with Crippen molar-refractivity contribution in [1.29, 1.82) is 0 Å². The van der Waals surface area contributed by atoms with Crippen LogP contribution in [-0.2, 0) is 11.9 Å². The van der Waals surface area contributed by atoms with Crippen LogP contribution in [0.2, 0.25) is 0 Å². The first-order valence-corrected chi connectivity index (χ1v) is 6.50. The van der Waals surface area contributed by atoms with E-state index in [0.717, 1.165) is 23.9 Å². The first-order chi connectivity index (χ1) is 9.77. The summed E-state index contributed by atoms with van der Waals surface area (Å²) in [4.78, 5) is 7.11. The van der Waals surface area contributed by atoms with Gasteiger partial charge in [-0.05, 0) is 11.6 Å². The summed E-state index contributed by atoms with van der Waals surface area (Å²) >= 11 is 0.786. The summed E-state index contributed by atoms with van der Waals surface area (Å²) in [7, 11) is 0. The van der Waals surface area contributed by atoms with E-state index in [2.05, 4.69) is 9.97 Å². The minimum atomic E-state index is -4.77. The summed E-state index contributed by atoms with van der Waals surface area (Å²) in [5.41, 5.74) is -1.53. The summed E-state index contributed by atoms with van der Waals surface area (Å²) < 4.78 is 51.4. The second-order valence-electron chi connectivity index (χ2n) is 3.93. The Labute approximate surface area is 120 Å². The van der Waals surface area contributed by atoms with Crippen molar-refractivity contribution in [3.8, 4) is 11.8 Å². The Morgan fingerprint density at radius 2 is 1.71 bits per heavy atom. The third-order valence-corrected chi connectivity index (χ3v) is 3.32. The van der Waals surface area contributed by atoms with Crippen LogP contribution in [0.5, 0.6) is 11.8 Å². The quantitative estimate of drug-likeness (QED) is 0.516. The maximum atomic E-state index is 13.8. The lowest BCUT2D eigenvalue weighted by molar-refractivity contribution is -0.140. The number of halogens is 4. The van der Waals surface area contributed by atoms with Crippen LogP contribution in [0.4, 0.5) is 17.6 Å².